The maximum atomic E-state index is 11.8. The zero-order chi connectivity index (χ0) is 16.4. The minimum atomic E-state index is 0. The summed E-state index contributed by atoms with van der Waals surface area (Å²) in [5.41, 5.74) is 0.427. The standard InChI is InChI=1S/C17H34N4O.HI/c1-5-14(4)21-15(22)9-12-19-16(18-7-3)20-13-17(6-2)10-8-11-17;/h14H,5-13H2,1-4H3,(H,21,22)(H2,18,19,20);1H. The van der Waals surface area contributed by atoms with Gasteiger partial charge in [0.1, 0.15) is 0 Å². The lowest BCUT2D eigenvalue weighted by atomic mass is 9.67. The molecular weight excluding hydrogens is 403 g/mol. The van der Waals surface area contributed by atoms with Crippen molar-refractivity contribution >= 4 is 35.8 Å². The van der Waals surface area contributed by atoms with Gasteiger partial charge in [0.05, 0.1) is 0 Å². The first-order valence-corrected chi connectivity index (χ1v) is 8.86. The predicted octanol–water partition coefficient (Wildman–Crippen LogP) is 3.04. The first kappa shape index (κ1) is 22.5. The van der Waals surface area contributed by atoms with Crippen LogP contribution in [0.15, 0.2) is 4.99 Å². The molecule has 1 amide bonds. The van der Waals surface area contributed by atoms with Crippen LogP contribution in [-0.4, -0.2) is 37.5 Å². The molecule has 3 N–H and O–H groups in total. The third-order valence-electron chi connectivity index (χ3n) is 4.75. The van der Waals surface area contributed by atoms with E-state index in [0.29, 0.717) is 18.4 Å². The Hall–Kier alpha value is -0.530. The molecule has 1 fully saturated rings. The van der Waals surface area contributed by atoms with Crippen LogP contribution in [0.25, 0.3) is 0 Å². The first-order chi connectivity index (χ1) is 10.5. The maximum absolute atomic E-state index is 11.8. The van der Waals surface area contributed by atoms with E-state index in [-0.39, 0.29) is 35.9 Å². The Morgan fingerprint density at radius 2 is 1.91 bits per heavy atom. The number of hydrogen-bond acceptors (Lipinski definition) is 2. The molecule has 1 unspecified atom stereocenters. The Kier molecular flexibility index (Phi) is 11.6. The number of carbonyl (C=O) groups excluding carboxylic acids is 1. The molecule has 0 aromatic heterocycles. The van der Waals surface area contributed by atoms with Crippen LogP contribution in [0.4, 0.5) is 0 Å². The molecule has 1 atom stereocenters. The van der Waals surface area contributed by atoms with Gasteiger partial charge in [-0.05, 0) is 44.9 Å². The lowest BCUT2D eigenvalue weighted by Gasteiger charge is -2.40. The fourth-order valence-corrected chi connectivity index (χ4v) is 2.63. The van der Waals surface area contributed by atoms with Crippen molar-refractivity contribution in [3.63, 3.8) is 0 Å². The number of amides is 1. The van der Waals surface area contributed by atoms with Crippen molar-refractivity contribution in [1.82, 2.24) is 16.0 Å². The van der Waals surface area contributed by atoms with E-state index >= 15 is 0 Å². The fraction of sp³-hybridized carbons (Fsp3) is 0.882. The predicted molar refractivity (Wildman–Crippen MR) is 108 cm³/mol. The lowest BCUT2D eigenvalue weighted by Crippen LogP contribution is -2.41. The van der Waals surface area contributed by atoms with Crippen LogP contribution in [0.1, 0.15) is 66.2 Å². The van der Waals surface area contributed by atoms with Gasteiger partial charge in [-0.15, -0.1) is 24.0 Å². The van der Waals surface area contributed by atoms with Crippen LogP contribution in [0.3, 0.4) is 0 Å². The highest BCUT2D eigenvalue weighted by Crippen LogP contribution is 2.43. The van der Waals surface area contributed by atoms with Gasteiger partial charge in [0.25, 0.3) is 0 Å². The molecule has 0 aliphatic heterocycles. The second-order valence-corrected chi connectivity index (χ2v) is 6.46. The van der Waals surface area contributed by atoms with Gasteiger partial charge in [0.15, 0.2) is 5.96 Å². The van der Waals surface area contributed by atoms with E-state index in [1.54, 1.807) is 0 Å². The Balaban J connectivity index is 0.00000484. The molecular formula is C17H35IN4O. The largest absolute Gasteiger partial charge is 0.357 e. The molecule has 1 aliphatic carbocycles. The maximum Gasteiger partial charge on any atom is 0.221 e. The molecule has 1 rings (SSSR count). The molecule has 1 aliphatic rings. The summed E-state index contributed by atoms with van der Waals surface area (Å²) in [6, 6.07) is 0.248. The summed E-state index contributed by atoms with van der Waals surface area (Å²) in [4.78, 5) is 16.5. The van der Waals surface area contributed by atoms with Crippen molar-refractivity contribution in [3.8, 4) is 0 Å². The molecule has 0 heterocycles. The average Bonchev–Trinajstić information content (AvgIpc) is 2.46. The average molecular weight is 438 g/mol. The summed E-state index contributed by atoms with van der Waals surface area (Å²) in [5, 5.41) is 9.51. The number of hydrogen-bond donors (Lipinski definition) is 3. The summed E-state index contributed by atoms with van der Waals surface area (Å²) in [6.45, 7) is 10.8. The number of carbonyl (C=O) groups is 1. The van der Waals surface area contributed by atoms with E-state index in [2.05, 4.69) is 36.7 Å². The third kappa shape index (κ3) is 8.22. The molecule has 0 radical (unpaired) electrons. The van der Waals surface area contributed by atoms with E-state index in [4.69, 9.17) is 4.99 Å². The molecule has 5 nitrogen and oxygen atoms in total. The highest BCUT2D eigenvalue weighted by Gasteiger charge is 2.34. The third-order valence-corrected chi connectivity index (χ3v) is 4.75. The molecule has 6 heteroatoms. The summed E-state index contributed by atoms with van der Waals surface area (Å²) >= 11 is 0. The second kappa shape index (κ2) is 11.9. The highest BCUT2D eigenvalue weighted by atomic mass is 127. The monoisotopic (exact) mass is 438 g/mol. The summed E-state index contributed by atoms with van der Waals surface area (Å²) < 4.78 is 0. The lowest BCUT2D eigenvalue weighted by molar-refractivity contribution is -0.121. The Morgan fingerprint density at radius 3 is 2.39 bits per heavy atom. The minimum Gasteiger partial charge on any atom is -0.357 e. The minimum absolute atomic E-state index is 0. The van der Waals surface area contributed by atoms with Gasteiger partial charge in [-0.2, -0.15) is 0 Å². The number of guanidine groups is 1. The second-order valence-electron chi connectivity index (χ2n) is 6.46. The van der Waals surface area contributed by atoms with Gasteiger partial charge in [-0.1, -0.05) is 20.3 Å². The van der Waals surface area contributed by atoms with E-state index in [0.717, 1.165) is 25.5 Å². The van der Waals surface area contributed by atoms with Gasteiger partial charge in [0, 0.05) is 32.1 Å². The van der Waals surface area contributed by atoms with Gasteiger partial charge in [0.2, 0.25) is 5.91 Å². The summed E-state index contributed by atoms with van der Waals surface area (Å²) in [7, 11) is 0. The van der Waals surface area contributed by atoms with Gasteiger partial charge >= 0.3 is 0 Å². The summed E-state index contributed by atoms with van der Waals surface area (Å²) in [5.74, 6) is 0.931. The smallest absolute Gasteiger partial charge is 0.221 e. The van der Waals surface area contributed by atoms with Crippen molar-refractivity contribution in [2.45, 2.75) is 72.3 Å². The Morgan fingerprint density at radius 1 is 1.22 bits per heavy atom. The van der Waals surface area contributed by atoms with Crippen LogP contribution in [0.5, 0.6) is 0 Å². The summed E-state index contributed by atoms with van der Waals surface area (Å²) in [6.07, 6.45) is 6.57. The SMILES string of the molecule is CCNC(=NCC1(CC)CCC1)NCCC(=O)NC(C)CC.I. The van der Waals surface area contributed by atoms with Crippen molar-refractivity contribution in [1.29, 1.82) is 0 Å². The van der Waals surface area contributed by atoms with Crippen molar-refractivity contribution < 1.29 is 4.79 Å². The number of nitrogens with one attached hydrogen (secondary N) is 3. The molecule has 136 valence electrons. The quantitative estimate of drug-likeness (QED) is 0.295. The van der Waals surface area contributed by atoms with E-state index in [1.807, 2.05) is 6.92 Å². The Labute approximate surface area is 158 Å². The zero-order valence-electron chi connectivity index (χ0n) is 15.2. The van der Waals surface area contributed by atoms with E-state index in [1.165, 1.54) is 25.7 Å². The van der Waals surface area contributed by atoms with Crippen molar-refractivity contribution in [2.75, 3.05) is 19.6 Å². The Bertz CT molecular complexity index is 364. The van der Waals surface area contributed by atoms with Crippen LogP contribution in [0.2, 0.25) is 0 Å². The zero-order valence-corrected chi connectivity index (χ0v) is 17.5. The molecule has 0 spiro atoms. The first-order valence-electron chi connectivity index (χ1n) is 8.86. The van der Waals surface area contributed by atoms with Gasteiger partial charge in [-0.25, -0.2) is 0 Å². The van der Waals surface area contributed by atoms with Crippen molar-refractivity contribution in [2.24, 2.45) is 10.4 Å². The molecule has 0 saturated heterocycles. The van der Waals surface area contributed by atoms with Gasteiger partial charge < -0.3 is 16.0 Å². The number of rotatable bonds is 9. The van der Waals surface area contributed by atoms with Crippen molar-refractivity contribution in [3.05, 3.63) is 0 Å². The number of halogens is 1. The molecule has 23 heavy (non-hydrogen) atoms. The van der Waals surface area contributed by atoms with E-state index in [9.17, 15) is 4.79 Å². The molecule has 1 saturated carbocycles. The van der Waals surface area contributed by atoms with E-state index < -0.39 is 0 Å². The number of nitrogens with zero attached hydrogens (tertiary/aromatic N) is 1. The fourth-order valence-electron chi connectivity index (χ4n) is 2.63. The molecule has 0 bridgehead atoms. The van der Waals surface area contributed by atoms with Gasteiger partial charge in [-0.3, -0.25) is 9.79 Å². The number of aliphatic imine (C=N–C) groups is 1. The van der Waals surface area contributed by atoms with Crippen LogP contribution >= 0.6 is 24.0 Å². The molecule has 0 aromatic rings. The van der Waals surface area contributed by atoms with Crippen LogP contribution in [0, 0.1) is 5.41 Å². The highest BCUT2D eigenvalue weighted by molar-refractivity contribution is 14.0. The molecule has 0 aromatic carbocycles. The van der Waals surface area contributed by atoms with Crippen LogP contribution < -0.4 is 16.0 Å². The topological polar surface area (TPSA) is 65.5 Å². The normalized spacial score (nSPS) is 17.5. The van der Waals surface area contributed by atoms with Crippen LogP contribution in [-0.2, 0) is 4.79 Å².